The average molecular weight is 365 g/mol. The van der Waals surface area contributed by atoms with Gasteiger partial charge in [-0.25, -0.2) is 0 Å². The predicted octanol–water partition coefficient (Wildman–Crippen LogP) is 3.62. The van der Waals surface area contributed by atoms with Gasteiger partial charge in [0, 0.05) is 6.07 Å². The maximum absolute atomic E-state index is 12.3. The molecule has 0 fully saturated rings. The SMILES string of the molecule is COc1ccc(C(NCC(=O)Nc2cc(C)on2)c2ccc(C)cc2)cc1. The Morgan fingerprint density at radius 1 is 1.07 bits per heavy atom. The van der Waals surface area contributed by atoms with E-state index in [2.05, 4.69) is 40.1 Å². The Hall–Kier alpha value is -3.12. The zero-order chi connectivity index (χ0) is 19.2. The summed E-state index contributed by atoms with van der Waals surface area (Å²) in [6, 6.07) is 17.6. The topological polar surface area (TPSA) is 76.4 Å². The third kappa shape index (κ3) is 4.95. The van der Waals surface area contributed by atoms with Crippen LogP contribution in [0.15, 0.2) is 59.1 Å². The molecule has 0 aliphatic carbocycles. The Bertz CT molecular complexity index is 886. The minimum Gasteiger partial charge on any atom is -0.497 e. The molecule has 0 spiro atoms. The number of anilines is 1. The summed E-state index contributed by atoms with van der Waals surface area (Å²) in [6.07, 6.45) is 0. The molecule has 0 saturated carbocycles. The van der Waals surface area contributed by atoms with Crippen LogP contribution >= 0.6 is 0 Å². The summed E-state index contributed by atoms with van der Waals surface area (Å²) < 4.78 is 10.2. The molecule has 2 aromatic carbocycles. The second kappa shape index (κ2) is 8.51. The van der Waals surface area contributed by atoms with Gasteiger partial charge >= 0.3 is 0 Å². The van der Waals surface area contributed by atoms with Gasteiger partial charge < -0.3 is 14.6 Å². The molecule has 0 saturated heterocycles. The summed E-state index contributed by atoms with van der Waals surface area (Å²) >= 11 is 0. The summed E-state index contributed by atoms with van der Waals surface area (Å²) in [5.74, 6) is 1.67. The largest absolute Gasteiger partial charge is 0.497 e. The predicted molar refractivity (Wildman–Crippen MR) is 104 cm³/mol. The fourth-order valence-corrected chi connectivity index (χ4v) is 2.79. The minimum absolute atomic E-state index is 0.124. The van der Waals surface area contributed by atoms with Crippen molar-refractivity contribution in [2.45, 2.75) is 19.9 Å². The standard InChI is InChI=1S/C21H23N3O3/c1-14-4-6-16(7-5-14)21(17-8-10-18(26-3)11-9-17)22-13-20(25)23-19-12-15(2)27-24-19/h4-12,21-22H,13H2,1-3H3,(H,23,24,25). The van der Waals surface area contributed by atoms with Gasteiger partial charge in [-0.1, -0.05) is 47.1 Å². The monoisotopic (exact) mass is 365 g/mol. The Balaban J connectivity index is 1.74. The molecule has 3 aromatic rings. The number of amides is 1. The molecule has 140 valence electrons. The van der Waals surface area contributed by atoms with Crippen LogP contribution in [-0.4, -0.2) is 24.7 Å². The van der Waals surface area contributed by atoms with Crippen LogP contribution in [0.25, 0.3) is 0 Å². The molecule has 3 rings (SSSR count). The molecule has 6 heteroatoms. The van der Waals surface area contributed by atoms with Crippen LogP contribution < -0.4 is 15.4 Å². The van der Waals surface area contributed by atoms with Crippen molar-refractivity contribution in [3.63, 3.8) is 0 Å². The van der Waals surface area contributed by atoms with Gasteiger partial charge in [-0.2, -0.15) is 0 Å². The van der Waals surface area contributed by atoms with Gasteiger partial charge in [0.15, 0.2) is 5.82 Å². The maximum Gasteiger partial charge on any atom is 0.239 e. The number of hydrogen-bond acceptors (Lipinski definition) is 5. The van der Waals surface area contributed by atoms with E-state index in [1.165, 1.54) is 5.56 Å². The molecule has 1 heterocycles. The molecular formula is C21H23N3O3. The van der Waals surface area contributed by atoms with E-state index in [1.54, 1.807) is 20.1 Å². The van der Waals surface area contributed by atoms with E-state index in [9.17, 15) is 4.79 Å². The molecule has 1 amide bonds. The Morgan fingerprint density at radius 2 is 1.70 bits per heavy atom. The van der Waals surface area contributed by atoms with Crippen LogP contribution in [0.4, 0.5) is 5.82 Å². The van der Waals surface area contributed by atoms with E-state index < -0.39 is 0 Å². The Morgan fingerprint density at radius 3 is 2.26 bits per heavy atom. The fourth-order valence-electron chi connectivity index (χ4n) is 2.79. The number of ether oxygens (including phenoxy) is 1. The third-order valence-corrected chi connectivity index (χ3v) is 4.22. The highest BCUT2D eigenvalue weighted by Gasteiger charge is 2.16. The van der Waals surface area contributed by atoms with Crippen molar-refractivity contribution in [1.82, 2.24) is 10.5 Å². The lowest BCUT2D eigenvalue weighted by molar-refractivity contribution is -0.115. The number of nitrogens with one attached hydrogen (secondary N) is 2. The highest BCUT2D eigenvalue weighted by atomic mass is 16.5. The Kier molecular flexibility index (Phi) is 5.88. The van der Waals surface area contributed by atoms with Gasteiger partial charge in [0.25, 0.3) is 0 Å². The molecule has 27 heavy (non-hydrogen) atoms. The molecule has 6 nitrogen and oxygen atoms in total. The normalized spacial score (nSPS) is 11.8. The van der Waals surface area contributed by atoms with Crippen molar-refractivity contribution in [2.24, 2.45) is 0 Å². The van der Waals surface area contributed by atoms with E-state index in [4.69, 9.17) is 9.26 Å². The number of carbonyl (C=O) groups is 1. The number of methoxy groups -OCH3 is 1. The number of rotatable bonds is 7. The molecule has 0 radical (unpaired) electrons. The lowest BCUT2D eigenvalue weighted by Crippen LogP contribution is -2.32. The second-order valence-corrected chi connectivity index (χ2v) is 6.37. The lowest BCUT2D eigenvalue weighted by atomic mass is 9.97. The van der Waals surface area contributed by atoms with Crippen LogP contribution in [0, 0.1) is 13.8 Å². The number of aryl methyl sites for hydroxylation is 2. The van der Waals surface area contributed by atoms with E-state index in [1.807, 2.05) is 31.2 Å². The highest BCUT2D eigenvalue weighted by molar-refractivity contribution is 5.91. The van der Waals surface area contributed by atoms with Crippen molar-refractivity contribution >= 4 is 11.7 Å². The zero-order valence-electron chi connectivity index (χ0n) is 15.7. The summed E-state index contributed by atoms with van der Waals surface area (Å²) in [5.41, 5.74) is 3.31. The molecule has 0 aliphatic heterocycles. The number of nitrogens with zero attached hydrogens (tertiary/aromatic N) is 1. The number of aromatic nitrogens is 1. The smallest absolute Gasteiger partial charge is 0.239 e. The van der Waals surface area contributed by atoms with Crippen LogP contribution in [0.3, 0.4) is 0 Å². The lowest BCUT2D eigenvalue weighted by Gasteiger charge is -2.20. The van der Waals surface area contributed by atoms with Crippen molar-refractivity contribution in [1.29, 1.82) is 0 Å². The van der Waals surface area contributed by atoms with E-state index >= 15 is 0 Å². The maximum atomic E-state index is 12.3. The molecular weight excluding hydrogens is 342 g/mol. The first-order chi connectivity index (χ1) is 13.0. The van der Waals surface area contributed by atoms with Gasteiger partial charge in [-0.15, -0.1) is 0 Å². The first kappa shape index (κ1) is 18.7. The first-order valence-electron chi connectivity index (χ1n) is 8.72. The summed E-state index contributed by atoms with van der Waals surface area (Å²) in [5, 5.41) is 9.83. The molecule has 1 atom stereocenters. The van der Waals surface area contributed by atoms with Gasteiger partial charge in [-0.05, 0) is 37.1 Å². The van der Waals surface area contributed by atoms with E-state index in [-0.39, 0.29) is 18.5 Å². The third-order valence-electron chi connectivity index (χ3n) is 4.22. The molecule has 2 N–H and O–H groups in total. The van der Waals surface area contributed by atoms with Gasteiger partial charge in [0.2, 0.25) is 5.91 Å². The van der Waals surface area contributed by atoms with Gasteiger partial charge in [0.1, 0.15) is 11.5 Å². The van der Waals surface area contributed by atoms with Crippen LogP contribution in [-0.2, 0) is 4.79 Å². The zero-order valence-corrected chi connectivity index (χ0v) is 15.7. The van der Waals surface area contributed by atoms with Crippen molar-refractivity contribution in [3.05, 3.63) is 77.0 Å². The second-order valence-electron chi connectivity index (χ2n) is 6.37. The summed E-state index contributed by atoms with van der Waals surface area (Å²) in [4.78, 5) is 12.3. The molecule has 1 unspecified atom stereocenters. The minimum atomic E-state index is -0.186. The van der Waals surface area contributed by atoms with Crippen LogP contribution in [0.1, 0.15) is 28.5 Å². The number of benzene rings is 2. The Labute approximate surface area is 158 Å². The van der Waals surface area contributed by atoms with Gasteiger partial charge in [0.05, 0.1) is 19.7 Å². The van der Waals surface area contributed by atoms with Crippen molar-refractivity contribution < 1.29 is 14.1 Å². The van der Waals surface area contributed by atoms with Crippen LogP contribution in [0.2, 0.25) is 0 Å². The quantitative estimate of drug-likeness (QED) is 0.669. The van der Waals surface area contributed by atoms with Crippen molar-refractivity contribution in [3.8, 4) is 5.75 Å². The van der Waals surface area contributed by atoms with Gasteiger partial charge in [-0.3, -0.25) is 10.1 Å². The molecule has 0 bridgehead atoms. The summed E-state index contributed by atoms with van der Waals surface area (Å²) in [7, 11) is 1.64. The average Bonchev–Trinajstić information content (AvgIpc) is 3.08. The van der Waals surface area contributed by atoms with E-state index in [0.717, 1.165) is 16.9 Å². The number of hydrogen-bond donors (Lipinski definition) is 2. The fraction of sp³-hybridized carbons (Fsp3) is 0.238. The summed E-state index contributed by atoms with van der Waals surface area (Å²) in [6.45, 7) is 3.96. The molecule has 1 aromatic heterocycles. The number of carbonyl (C=O) groups excluding carboxylic acids is 1. The first-order valence-corrected chi connectivity index (χ1v) is 8.72. The van der Waals surface area contributed by atoms with E-state index in [0.29, 0.717) is 11.6 Å². The van der Waals surface area contributed by atoms with Crippen LogP contribution in [0.5, 0.6) is 5.75 Å². The molecule has 0 aliphatic rings. The highest BCUT2D eigenvalue weighted by Crippen LogP contribution is 2.24. The van der Waals surface area contributed by atoms with Crippen molar-refractivity contribution in [2.75, 3.05) is 19.0 Å².